The molecule has 0 radical (unpaired) electrons. The maximum absolute atomic E-state index is 13.5. The Labute approximate surface area is 197 Å². The molecule has 0 spiro atoms. The van der Waals surface area contributed by atoms with Crippen LogP contribution in [0.3, 0.4) is 0 Å². The van der Waals surface area contributed by atoms with E-state index in [1.165, 1.54) is 24.0 Å². The van der Waals surface area contributed by atoms with Gasteiger partial charge in [-0.15, -0.1) is 0 Å². The van der Waals surface area contributed by atoms with Gasteiger partial charge in [-0.25, -0.2) is 0 Å². The van der Waals surface area contributed by atoms with Crippen molar-refractivity contribution < 1.29 is 14.3 Å². The highest BCUT2D eigenvalue weighted by molar-refractivity contribution is 5.80. The van der Waals surface area contributed by atoms with Crippen molar-refractivity contribution in [1.29, 1.82) is 0 Å². The third kappa shape index (κ3) is 4.61. The summed E-state index contributed by atoms with van der Waals surface area (Å²) in [6, 6.07) is 17.3. The van der Waals surface area contributed by atoms with Gasteiger partial charge in [0, 0.05) is 50.0 Å². The molecule has 5 heteroatoms. The van der Waals surface area contributed by atoms with Gasteiger partial charge in [-0.2, -0.15) is 0 Å². The molecule has 2 aromatic carbocycles. The number of methoxy groups -OCH3 is 2. The third-order valence-electron chi connectivity index (χ3n) is 8.11. The Kier molecular flexibility index (Phi) is 6.59. The molecule has 0 N–H and O–H groups in total. The second-order valence-corrected chi connectivity index (χ2v) is 9.95. The number of carbonyl (C=O) groups excluding carboxylic acids is 1. The number of hydrogen-bond acceptors (Lipinski definition) is 4. The number of fused-ring (bicyclic) bond motifs is 1. The van der Waals surface area contributed by atoms with E-state index in [1.807, 2.05) is 12.1 Å². The van der Waals surface area contributed by atoms with E-state index >= 15 is 0 Å². The summed E-state index contributed by atoms with van der Waals surface area (Å²) in [6.07, 6.45) is 5.62. The minimum atomic E-state index is 0.248. The molecule has 3 aliphatic rings. The van der Waals surface area contributed by atoms with Crippen molar-refractivity contribution in [3.05, 3.63) is 59.7 Å². The molecular weight excluding hydrogens is 412 g/mol. The number of rotatable bonds is 6. The number of amides is 1. The van der Waals surface area contributed by atoms with Crippen LogP contribution in [-0.4, -0.2) is 55.6 Å². The average molecular weight is 449 g/mol. The van der Waals surface area contributed by atoms with E-state index < -0.39 is 0 Å². The summed E-state index contributed by atoms with van der Waals surface area (Å²) in [4.78, 5) is 18.3. The number of carbonyl (C=O) groups is 1. The van der Waals surface area contributed by atoms with E-state index in [1.54, 1.807) is 14.2 Å². The molecule has 2 aromatic rings. The summed E-state index contributed by atoms with van der Waals surface area (Å²) in [5.74, 6) is 3.30. The summed E-state index contributed by atoms with van der Waals surface area (Å²) < 4.78 is 10.7. The van der Waals surface area contributed by atoms with Gasteiger partial charge >= 0.3 is 0 Å². The zero-order chi connectivity index (χ0) is 22.8. The Balaban J connectivity index is 1.35. The van der Waals surface area contributed by atoms with E-state index in [-0.39, 0.29) is 5.92 Å². The highest BCUT2D eigenvalue weighted by atomic mass is 16.5. The first-order valence-corrected chi connectivity index (χ1v) is 12.5. The van der Waals surface area contributed by atoms with Crippen molar-refractivity contribution >= 4 is 5.91 Å². The summed E-state index contributed by atoms with van der Waals surface area (Å²) >= 11 is 0. The van der Waals surface area contributed by atoms with Crippen LogP contribution in [0.4, 0.5) is 0 Å². The van der Waals surface area contributed by atoms with Crippen molar-refractivity contribution in [2.24, 2.45) is 11.8 Å². The fourth-order valence-electron chi connectivity index (χ4n) is 6.30. The van der Waals surface area contributed by atoms with E-state index in [0.717, 1.165) is 56.9 Å². The van der Waals surface area contributed by atoms with Crippen LogP contribution in [0, 0.1) is 11.8 Å². The topological polar surface area (TPSA) is 42.0 Å². The predicted molar refractivity (Wildman–Crippen MR) is 130 cm³/mol. The zero-order valence-electron chi connectivity index (χ0n) is 19.9. The van der Waals surface area contributed by atoms with Crippen LogP contribution in [0.5, 0.6) is 11.5 Å². The number of benzene rings is 2. The quantitative estimate of drug-likeness (QED) is 0.642. The molecule has 2 saturated heterocycles. The van der Waals surface area contributed by atoms with Gasteiger partial charge in [0.15, 0.2) is 0 Å². The first-order valence-electron chi connectivity index (χ1n) is 12.5. The Bertz CT molecular complexity index is 937. The van der Waals surface area contributed by atoms with Gasteiger partial charge < -0.3 is 14.4 Å². The molecule has 1 aliphatic carbocycles. The first kappa shape index (κ1) is 22.3. The molecule has 5 nitrogen and oxygen atoms in total. The summed E-state index contributed by atoms with van der Waals surface area (Å²) in [5.41, 5.74) is 2.64. The Morgan fingerprint density at radius 2 is 1.52 bits per heavy atom. The number of piperidine rings is 1. The lowest BCUT2D eigenvalue weighted by Crippen LogP contribution is -2.48. The second-order valence-electron chi connectivity index (χ2n) is 9.95. The molecule has 33 heavy (non-hydrogen) atoms. The second kappa shape index (κ2) is 9.76. The fourth-order valence-corrected chi connectivity index (χ4v) is 6.30. The van der Waals surface area contributed by atoms with Gasteiger partial charge in [0.25, 0.3) is 0 Å². The molecule has 1 saturated carbocycles. The van der Waals surface area contributed by atoms with Crippen molar-refractivity contribution in [3.63, 3.8) is 0 Å². The summed E-state index contributed by atoms with van der Waals surface area (Å²) in [6.45, 7) is 3.87. The lowest BCUT2D eigenvalue weighted by molar-refractivity contribution is -0.137. The van der Waals surface area contributed by atoms with Crippen LogP contribution in [0.1, 0.15) is 49.1 Å². The number of hydrogen-bond donors (Lipinski definition) is 0. The maximum atomic E-state index is 13.5. The lowest BCUT2D eigenvalue weighted by atomic mass is 9.81. The van der Waals surface area contributed by atoms with Crippen LogP contribution in [0.25, 0.3) is 0 Å². The molecule has 0 aromatic heterocycles. The van der Waals surface area contributed by atoms with E-state index in [9.17, 15) is 4.79 Å². The normalized spacial score (nSPS) is 25.8. The van der Waals surface area contributed by atoms with Crippen LogP contribution in [0.2, 0.25) is 0 Å². The monoisotopic (exact) mass is 448 g/mol. The molecule has 3 fully saturated rings. The predicted octanol–water partition coefficient (Wildman–Crippen LogP) is 4.71. The molecule has 176 valence electrons. The number of nitrogens with zero attached hydrogens (tertiary/aromatic N) is 2. The molecule has 0 unspecified atom stereocenters. The number of ether oxygens (including phenoxy) is 2. The zero-order valence-corrected chi connectivity index (χ0v) is 19.9. The SMILES string of the molecule is COc1ccc(CN2CC[C@@H]3[C@H](C2)[C@@H](c2ccc(OC)cc2)CN3C(=O)C2CCCC2)cc1. The van der Waals surface area contributed by atoms with Gasteiger partial charge in [0.1, 0.15) is 11.5 Å². The molecule has 1 amide bonds. The molecule has 2 aliphatic heterocycles. The van der Waals surface area contributed by atoms with Crippen LogP contribution in [0.15, 0.2) is 48.5 Å². The van der Waals surface area contributed by atoms with Gasteiger partial charge in [0.2, 0.25) is 5.91 Å². The molecule has 5 rings (SSSR count). The molecule has 0 bridgehead atoms. The first-order chi connectivity index (χ1) is 16.2. The largest absolute Gasteiger partial charge is 0.497 e. The van der Waals surface area contributed by atoms with E-state index in [2.05, 4.69) is 46.2 Å². The van der Waals surface area contributed by atoms with Gasteiger partial charge in [-0.05, 0) is 54.7 Å². The van der Waals surface area contributed by atoms with Crippen LogP contribution < -0.4 is 9.47 Å². The standard InChI is InChI=1S/C28H36N2O3/c1-32-23-11-7-20(8-12-23)17-29-16-15-27-26(18-29)25(21-9-13-24(33-2)14-10-21)19-30(27)28(31)22-5-3-4-6-22/h7-14,22,25-27H,3-6,15-19H2,1-2H3/t25-,26-,27-/m1/s1. The Morgan fingerprint density at radius 1 is 0.879 bits per heavy atom. The lowest BCUT2D eigenvalue weighted by Gasteiger charge is -2.39. The minimum absolute atomic E-state index is 0.248. The summed E-state index contributed by atoms with van der Waals surface area (Å²) in [5, 5.41) is 0. The maximum Gasteiger partial charge on any atom is 0.225 e. The number of likely N-dealkylation sites (tertiary alicyclic amines) is 2. The van der Waals surface area contributed by atoms with E-state index in [4.69, 9.17) is 9.47 Å². The fraction of sp³-hybridized carbons (Fsp3) is 0.536. The van der Waals surface area contributed by atoms with Gasteiger partial charge in [-0.3, -0.25) is 9.69 Å². The molecule has 2 heterocycles. The average Bonchev–Trinajstić information content (AvgIpc) is 3.53. The Hall–Kier alpha value is -2.53. The van der Waals surface area contributed by atoms with Gasteiger partial charge in [0.05, 0.1) is 14.2 Å². The van der Waals surface area contributed by atoms with Gasteiger partial charge in [-0.1, -0.05) is 37.1 Å². The van der Waals surface area contributed by atoms with Crippen molar-refractivity contribution in [3.8, 4) is 11.5 Å². The highest BCUT2D eigenvalue weighted by Gasteiger charge is 2.48. The summed E-state index contributed by atoms with van der Waals surface area (Å²) in [7, 11) is 3.42. The minimum Gasteiger partial charge on any atom is -0.497 e. The van der Waals surface area contributed by atoms with E-state index in [0.29, 0.717) is 23.8 Å². The van der Waals surface area contributed by atoms with Crippen molar-refractivity contribution in [2.45, 2.75) is 50.6 Å². The van der Waals surface area contributed by atoms with Crippen LogP contribution >= 0.6 is 0 Å². The van der Waals surface area contributed by atoms with Crippen molar-refractivity contribution in [1.82, 2.24) is 9.80 Å². The molecule has 3 atom stereocenters. The third-order valence-corrected chi connectivity index (χ3v) is 8.11. The smallest absolute Gasteiger partial charge is 0.225 e. The molecular formula is C28H36N2O3. The van der Waals surface area contributed by atoms with Crippen LogP contribution in [-0.2, 0) is 11.3 Å². The Morgan fingerprint density at radius 3 is 2.15 bits per heavy atom. The highest BCUT2D eigenvalue weighted by Crippen LogP contribution is 2.43. The van der Waals surface area contributed by atoms with Crippen molar-refractivity contribution in [2.75, 3.05) is 33.9 Å².